The van der Waals surface area contributed by atoms with E-state index in [-0.39, 0.29) is 17.6 Å². The van der Waals surface area contributed by atoms with Crippen LogP contribution in [0.15, 0.2) is 21.3 Å². The van der Waals surface area contributed by atoms with Gasteiger partial charge in [0.15, 0.2) is 0 Å². The minimum Gasteiger partial charge on any atom is -0.406 e. The summed E-state index contributed by atoms with van der Waals surface area (Å²) in [6.07, 6.45) is 1.97. The summed E-state index contributed by atoms with van der Waals surface area (Å²) in [4.78, 5) is 26.3. The molecule has 1 amide bonds. The van der Waals surface area contributed by atoms with Crippen LogP contribution >= 0.6 is 0 Å². The Morgan fingerprint density at radius 3 is 3.00 bits per heavy atom. The highest BCUT2D eigenvalue weighted by Gasteiger charge is 2.23. The third-order valence-corrected chi connectivity index (χ3v) is 3.32. The van der Waals surface area contributed by atoms with Crippen molar-refractivity contribution in [3.8, 4) is 0 Å². The van der Waals surface area contributed by atoms with Crippen molar-refractivity contribution >= 4 is 11.9 Å². The Morgan fingerprint density at radius 1 is 1.43 bits per heavy atom. The topological polar surface area (TPSA) is 113 Å². The summed E-state index contributed by atoms with van der Waals surface area (Å²) in [5.74, 6) is -0.133. The van der Waals surface area contributed by atoms with Crippen molar-refractivity contribution in [2.45, 2.75) is 25.8 Å². The fourth-order valence-corrected chi connectivity index (χ4v) is 2.24. The van der Waals surface area contributed by atoms with Crippen LogP contribution in [0.3, 0.4) is 0 Å². The minimum absolute atomic E-state index is 0.000610. The average Bonchev–Trinajstić information content (AvgIpc) is 3.08. The number of H-pyrrole nitrogens is 1. The number of pyridine rings is 1. The predicted molar refractivity (Wildman–Crippen MR) is 74.0 cm³/mol. The number of nitrogens with zero attached hydrogens (tertiary/aromatic N) is 2. The number of aryl methyl sites for hydroxylation is 1. The highest BCUT2D eigenvalue weighted by molar-refractivity contribution is 6.02. The molecule has 0 radical (unpaired) electrons. The third kappa shape index (κ3) is 2.84. The smallest absolute Gasteiger partial charge is 0.322 e. The number of aromatic amines is 1. The fraction of sp³-hybridized carbons (Fsp3) is 0.385. The van der Waals surface area contributed by atoms with Gasteiger partial charge in [0.05, 0.1) is 6.04 Å². The number of carbonyl (C=O) groups is 1. The zero-order valence-corrected chi connectivity index (χ0v) is 11.5. The van der Waals surface area contributed by atoms with Crippen LogP contribution in [0.25, 0.3) is 0 Å². The van der Waals surface area contributed by atoms with Gasteiger partial charge in [-0.1, -0.05) is 5.10 Å². The van der Waals surface area contributed by atoms with E-state index in [0.29, 0.717) is 11.6 Å². The van der Waals surface area contributed by atoms with Crippen molar-refractivity contribution in [1.29, 1.82) is 0 Å². The van der Waals surface area contributed by atoms with E-state index in [9.17, 15) is 9.59 Å². The Kier molecular flexibility index (Phi) is 3.53. The van der Waals surface area contributed by atoms with Crippen LogP contribution in [0.1, 0.15) is 40.8 Å². The summed E-state index contributed by atoms with van der Waals surface area (Å²) >= 11 is 0. The lowest BCUT2D eigenvalue weighted by Gasteiger charge is -2.03. The van der Waals surface area contributed by atoms with Crippen LogP contribution in [0, 0.1) is 6.92 Å². The molecule has 3 heterocycles. The zero-order valence-electron chi connectivity index (χ0n) is 11.5. The summed E-state index contributed by atoms with van der Waals surface area (Å²) < 4.78 is 5.39. The van der Waals surface area contributed by atoms with Gasteiger partial charge in [0.25, 0.3) is 11.5 Å². The maximum Gasteiger partial charge on any atom is 0.322 e. The molecule has 1 saturated heterocycles. The molecule has 110 valence electrons. The number of carbonyl (C=O) groups excluding carboxylic acids is 1. The molecule has 1 aliphatic heterocycles. The second kappa shape index (κ2) is 5.49. The van der Waals surface area contributed by atoms with E-state index in [2.05, 4.69) is 25.8 Å². The lowest BCUT2D eigenvalue weighted by Crippen LogP contribution is -2.23. The molecule has 1 unspecified atom stereocenters. The van der Waals surface area contributed by atoms with Crippen LogP contribution in [0.2, 0.25) is 0 Å². The SMILES string of the molecule is Cc1ccc(C(=O)Nc2nnc(C3CCCN3)o2)c(=O)[nH]1. The van der Waals surface area contributed by atoms with Crippen molar-refractivity contribution in [3.63, 3.8) is 0 Å². The van der Waals surface area contributed by atoms with Crippen molar-refractivity contribution in [2.75, 3.05) is 11.9 Å². The molecule has 2 aromatic rings. The maximum absolute atomic E-state index is 12.0. The second-order valence-electron chi connectivity index (χ2n) is 4.93. The van der Waals surface area contributed by atoms with Gasteiger partial charge in [-0.05, 0) is 38.4 Å². The number of amides is 1. The summed E-state index contributed by atoms with van der Waals surface area (Å²) in [5, 5.41) is 13.3. The van der Waals surface area contributed by atoms with Crippen molar-refractivity contribution < 1.29 is 9.21 Å². The molecule has 0 saturated carbocycles. The van der Waals surface area contributed by atoms with Crippen molar-refractivity contribution in [2.24, 2.45) is 0 Å². The molecular weight excluding hydrogens is 274 g/mol. The van der Waals surface area contributed by atoms with Crippen LogP contribution < -0.4 is 16.2 Å². The lowest BCUT2D eigenvalue weighted by molar-refractivity contribution is 0.102. The average molecular weight is 289 g/mol. The Morgan fingerprint density at radius 2 is 2.29 bits per heavy atom. The van der Waals surface area contributed by atoms with E-state index in [1.807, 2.05) is 0 Å². The van der Waals surface area contributed by atoms with E-state index in [0.717, 1.165) is 19.4 Å². The normalized spacial score (nSPS) is 17.9. The molecule has 8 nitrogen and oxygen atoms in total. The van der Waals surface area contributed by atoms with Gasteiger partial charge in [-0.25, -0.2) is 0 Å². The van der Waals surface area contributed by atoms with Gasteiger partial charge >= 0.3 is 6.01 Å². The molecule has 1 fully saturated rings. The molecule has 1 atom stereocenters. The number of hydrogen-bond acceptors (Lipinski definition) is 6. The van der Waals surface area contributed by atoms with Gasteiger partial charge < -0.3 is 14.7 Å². The molecule has 0 aliphatic carbocycles. The monoisotopic (exact) mass is 289 g/mol. The molecule has 21 heavy (non-hydrogen) atoms. The molecule has 3 rings (SSSR count). The largest absolute Gasteiger partial charge is 0.406 e. The first-order chi connectivity index (χ1) is 10.1. The number of nitrogens with one attached hydrogen (secondary N) is 3. The van der Waals surface area contributed by atoms with Crippen LogP contribution in [0.5, 0.6) is 0 Å². The Bertz CT molecular complexity index is 715. The lowest BCUT2D eigenvalue weighted by atomic mass is 10.2. The van der Waals surface area contributed by atoms with Crippen LogP contribution in [0.4, 0.5) is 6.01 Å². The molecular formula is C13H15N5O3. The van der Waals surface area contributed by atoms with E-state index in [1.54, 1.807) is 13.0 Å². The highest BCUT2D eigenvalue weighted by Crippen LogP contribution is 2.22. The third-order valence-electron chi connectivity index (χ3n) is 3.32. The maximum atomic E-state index is 12.0. The van der Waals surface area contributed by atoms with Gasteiger partial charge in [-0.2, -0.15) is 0 Å². The van der Waals surface area contributed by atoms with Crippen molar-refractivity contribution in [3.05, 3.63) is 39.6 Å². The van der Waals surface area contributed by atoms with Gasteiger partial charge in [0, 0.05) is 5.69 Å². The first kappa shape index (κ1) is 13.5. The number of aromatic nitrogens is 3. The van der Waals surface area contributed by atoms with E-state index < -0.39 is 11.5 Å². The first-order valence-electron chi connectivity index (χ1n) is 6.71. The standard InChI is InChI=1S/C13H15N5O3/c1-7-4-5-8(10(19)15-7)11(20)16-13-18-17-12(21-13)9-3-2-6-14-9/h4-5,9,14H,2-3,6H2,1H3,(H,15,19)(H,16,18,20). The number of anilines is 1. The van der Waals surface area contributed by atoms with Crippen LogP contribution in [-0.4, -0.2) is 27.6 Å². The summed E-state index contributed by atoms with van der Waals surface area (Å²) in [7, 11) is 0. The van der Waals surface area contributed by atoms with Crippen LogP contribution in [-0.2, 0) is 0 Å². The van der Waals surface area contributed by atoms with E-state index >= 15 is 0 Å². The second-order valence-corrected chi connectivity index (χ2v) is 4.93. The predicted octanol–water partition coefficient (Wildman–Crippen LogP) is 0.743. The quantitative estimate of drug-likeness (QED) is 0.768. The molecule has 8 heteroatoms. The van der Waals surface area contributed by atoms with Crippen molar-refractivity contribution in [1.82, 2.24) is 20.5 Å². The molecule has 0 spiro atoms. The molecule has 1 aliphatic rings. The molecule has 0 aromatic carbocycles. The Balaban J connectivity index is 1.74. The highest BCUT2D eigenvalue weighted by atomic mass is 16.4. The van der Waals surface area contributed by atoms with Gasteiger partial charge in [0.2, 0.25) is 5.89 Å². The van der Waals surface area contributed by atoms with Gasteiger partial charge in [0.1, 0.15) is 5.56 Å². The van der Waals surface area contributed by atoms with E-state index in [1.165, 1.54) is 6.07 Å². The number of rotatable bonds is 3. The fourth-order valence-electron chi connectivity index (χ4n) is 2.24. The first-order valence-corrected chi connectivity index (χ1v) is 6.71. The number of hydrogen-bond donors (Lipinski definition) is 3. The zero-order chi connectivity index (χ0) is 14.8. The molecule has 2 aromatic heterocycles. The van der Waals surface area contributed by atoms with E-state index in [4.69, 9.17) is 4.42 Å². The Labute approximate surface area is 120 Å². The summed E-state index contributed by atoms with van der Waals surface area (Å²) in [6.45, 7) is 2.65. The minimum atomic E-state index is -0.578. The summed E-state index contributed by atoms with van der Waals surface area (Å²) in [5.41, 5.74) is 0.230. The van der Waals surface area contributed by atoms with Gasteiger partial charge in [-0.15, -0.1) is 5.10 Å². The molecule has 0 bridgehead atoms. The molecule has 3 N–H and O–H groups in total. The summed E-state index contributed by atoms with van der Waals surface area (Å²) in [6, 6.07) is 3.13. The Hall–Kier alpha value is -2.48. The van der Waals surface area contributed by atoms with Gasteiger partial charge in [-0.3, -0.25) is 14.9 Å².